The summed E-state index contributed by atoms with van der Waals surface area (Å²) >= 11 is 0. The topological polar surface area (TPSA) is 93.5 Å². The van der Waals surface area contributed by atoms with Crippen LogP contribution in [-0.4, -0.2) is 56.6 Å². The zero-order valence-corrected chi connectivity index (χ0v) is 22.6. The molecule has 2 aliphatic rings. The van der Waals surface area contributed by atoms with E-state index in [-0.39, 0.29) is 22.0 Å². The first-order valence-corrected chi connectivity index (χ1v) is 14.6. The van der Waals surface area contributed by atoms with E-state index in [1.807, 2.05) is 12.1 Å². The summed E-state index contributed by atoms with van der Waals surface area (Å²) in [4.78, 5) is 15.5. The van der Waals surface area contributed by atoms with Gasteiger partial charge in [0, 0.05) is 42.1 Å². The van der Waals surface area contributed by atoms with Gasteiger partial charge in [0.25, 0.3) is 5.91 Å². The Labute approximate surface area is 218 Å². The number of sulfone groups is 1. The van der Waals surface area contributed by atoms with E-state index in [9.17, 15) is 13.2 Å². The van der Waals surface area contributed by atoms with Gasteiger partial charge in [0.05, 0.1) is 12.8 Å². The third-order valence-corrected chi connectivity index (χ3v) is 8.58. The molecule has 1 aliphatic heterocycles. The Morgan fingerprint density at radius 3 is 2.27 bits per heavy atom. The number of amides is 1. The van der Waals surface area contributed by atoms with Gasteiger partial charge in [-0.25, -0.2) is 13.1 Å². The van der Waals surface area contributed by atoms with Crippen molar-refractivity contribution in [3.8, 4) is 11.4 Å². The summed E-state index contributed by atoms with van der Waals surface area (Å²) in [6, 6.07) is 15.8. The summed E-state index contributed by atoms with van der Waals surface area (Å²) in [6.07, 6.45) is 5.34. The number of carbonyl (C=O) groups excluding carboxylic acids is 1. The van der Waals surface area contributed by atoms with Crippen molar-refractivity contribution in [2.75, 3.05) is 31.4 Å². The lowest BCUT2D eigenvalue weighted by atomic mass is 9.83. The number of methoxy groups -OCH3 is 1. The van der Waals surface area contributed by atoms with Crippen LogP contribution in [0.5, 0.6) is 5.75 Å². The highest BCUT2D eigenvalue weighted by Gasteiger charge is 2.36. The minimum absolute atomic E-state index is 0.0371. The van der Waals surface area contributed by atoms with Gasteiger partial charge < -0.3 is 15.0 Å². The summed E-state index contributed by atoms with van der Waals surface area (Å²) in [5.74, 6) is 0.394. The molecule has 0 bridgehead atoms. The second-order valence-electron chi connectivity index (χ2n) is 10.7. The first kappa shape index (κ1) is 25.5. The van der Waals surface area contributed by atoms with Gasteiger partial charge in [0.1, 0.15) is 11.4 Å². The van der Waals surface area contributed by atoms with Crippen molar-refractivity contribution in [3.05, 3.63) is 65.4 Å². The molecule has 0 spiro atoms. The average molecular weight is 523 g/mol. The lowest BCUT2D eigenvalue weighted by Gasteiger charge is -2.33. The maximum absolute atomic E-state index is 13.8. The first-order chi connectivity index (χ1) is 17.6. The number of nitrogens with zero attached hydrogens (tertiary/aromatic N) is 3. The highest BCUT2D eigenvalue weighted by atomic mass is 32.2. The molecule has 2 aromatic carbocycles. The van der Waals surface area contributed by atoms with Crippen LogP contribution in [0.15, 0.2) is 53.6 Å². The third kappa shape index (κ3) is 4.90. The van der Waals surface area contributed by atoms with Gasteiger partial charge in [-0.2, -0.15) is 5.10 Å². The predicted octanol–water partition coefficient (Wildman–Crippen LogP) is 3.91. The number of anilines is 1. The Kier molecular flexibility index (Phi) is 6.62. The number of aromatic nitrogens is 2. The first-order valence-electron chi connectivity index (χ1n) is 12.7. The van der Waals surface area contributed by atoms with E-state index in [1.54, 1.807) is 36.3 Å². The molecule has 1 aromatic heterocycles. The third-order valence-electron chi connectivity index (χ3n) is 7.55. The quantitative estimate of drug-likeness (QED) is 0.482. The van der Waals surface area contributed by atoms with Crippen LogP contribution in [0, 0.1) is 0 Å². The molecular weight excluding hydrogens is 488 g/mol. The van der Waals surface area contributed by atoms with Crippen LogP contribution >= 0.6 is 0 Å². The maximum Gasteiger partial charge on any atom is 0.277 e. The molecule has 1 amide bonds. The number of rotatable bonds is 8. The van der Waals surface area contributed by atoms with Crippen molar-refractivity contribution in [2.24, 2.45) is 0 Å². The van der Waals surface area contributed by atoms with Crippen molar-refractivity contribution in [2.45, 2.75) is 56.0 Å². The number of hydrogen-bond donors (Lipinski definition) is 1. The van der Waals surface area contributed by atoms with Crippen molar-refractivity contribution >= 4 is 21.4 Å². The summed E-state index contributed by atoms with van der Waals surface area (Å²) in [7, 11) is -2.04. The summed E-state index contributed by atoms with van der Waals surface area (Å²) in [5.41, 5.74) is 3.30. The van der Waals surface area contributed by atoms with E-state index in [2.05, 4.69) is 36.4 Å². The summed E-state index contributed by atoms with van der Waals surface area (Å²) in [6.45, 7) is 5.74. The van der Waals surface area contributed by atoms with Crippen LogP contribution in [0.3, 0.4) is 0 Å². The van der Waals surface area contributed by atoms with Crippen LogP contribution in [0.4, 0.5) is 5.69 Å². The van der Waals surface area contributed by atoms with E-state index >= 15 is 0 Å². The van der Waals surface area contributed by atoms with Crippen LogP contribution in [-0.2, 0) is 21.7 Å². The van der Waals surface area contributed by atoms with Crippen molar-refractivity contribution in [3.63, 3.8) is 0 Å². The van der Waals surface area contributed by atoms with Gasteiger partial charge in [-0.3, -0.25) is 4.79 Å². The lowest BCUT2D eigenvalue weighted by Crippen LogP contribution is -2.42. The van der Waals surface area contributed by atoms with Gasteiger partial charge in [-0.05, 0) is 61.2 Å². The molecule has 0 saturated heterocycles. The standard InChI is InChI=1S/C28H34N4O4S/c1-28(2,18-29-20-6-5-7-20)19-8-10-21(11-9-19)31-17-16-24-25(27(31)33)32(30-26(24)37(4,34)35)22-12-14-23(36-3)15-13-22/h8-15,20,29H,5-7,16-18H2,1-4H3. The van der Waals surface area contributed by atoms with E-state index in [4.69, 9.17) is 4.74 Å². The largest absolute Gasteiger partial charge is 0.497 e. The predicted molar refractivity (Wildman–Crippen MR) is 144 cm³/mol. The van der Waals surface area contributed by atoms with Crippen LogP contribution in [0.25, 0.3) is 5.69 Å². The smallest absolute Gasteiger partial charge is 0.277 e. The molecule has 5 rings (SSSR count). The molecule has 196 valence electrons. The minimum Gasteiger partial charge on any atom is -0.497 e. The van der Waals surface area contributed by atoms with E-state index < -0.39 is 9.84 Å². The van der Waals surface area contributed by atoms with Crippen LogP contribution in [0.1, 0.15) is 54.7 Å². The summed E-state index contributed by atoms with van der Waals surface area (Å²) in [5, 5.41) is 8.02. The van der Waals surface area contributed by atoms with Crippen molar-refractivity contribution < 1.29 is 17.9 Å². The van der Waals surface area contributed by atoms with E-state index in [1.165, 1.54) is 29.5 Å². The highest BCUT2D eigenvalue weighted by molar-refractivity contribution is 7.90. The van der Waals surface area contributed by atoms with Gasteiger partial charge in [-0.15, -0.1) is 0 Å². The fourth-order valence-electron chi connectivity index (χ4n) is 4.99. The van der Waals surface area contributed by atoms with Gasteiger partial charge in [0.15, 0.2) is 14.9 Å². The number of fused-ring (bicyclic) bond motifs is 1. The molecule has 2 heterocycles. The number of nitrogens with one attached hydrogen (secondary N) is 1. The molecule has 3 aromatic rings. The zero-order valence-electron chi connectivity index (χ0n) is 21.8. The lowest BCUT2D eigenvalue weighted by molar-refractivity contribution is 0.0973. The number of ether oxygens (including phenoxy) is 1. The normalized spacial score (nSPS) is 16.4. The average Bonchev–Trinajstić information content (AvgIpc) is 3.25. The Hall–Kier alpha value is -3.17. The Balaban J connectivity index is 1.45. The van der Waals surface area contributed by atoms with E-state index in [0.717, 1.165) is 18.5 Å². The van der Waals surface area contributed by atoms with Crippen LogP contribution in [0.2, 0.25) is 0 Å². The highest BCUT2D eigenvalue weighted by Crippen LogP contribution is 2.32. The second-order valence-corrected chi connectivity index (χ2v) is 12.6. The molecule has 1 fully saturated rings. The zero-order chi connectivity index (χ0) is 26.4. The molecule has 9 heteroatoms. The molecule has 0 atom stereocenters. The Bertz CT molecular complexity index is 1410. The number of carbonyl (C=O) groups is 1. The molecular formula is C28H34N4O4S. The fourth-order valence-corrected chi connectivity index (χ4v) is 5.87. The second kappa shape index (κ2) is 9.61. The molecule has 37 heavy (non-hydrogen) atoms. The molecule has 0 unspecified atom stereocenters. The summed E-state index contributed by atoms with van der Waals surface area (Å²) < 4.78 is 31.7. The number of hydrogen-bond acceptors (Lipinski definition) is 6. The van der Waals surface area contributed by atoms with Crippen molar-refractivity contribution in [1.29, 1.82) is 0 Å². The van der Waals surface area contributed by atoms with E-state index in [0.29, 0.717) is 36.0 Å². The van der Waals surface area contributed by atoms with Gasteiger partial charge in [-0.1, -0.05) is 32.4 Å². The maximum atomic E-state index is 13.8. The fraction of sp³-hybridized carbons (Fsp3) is 0.429. The monoisotopic (exact) mass is 522 g/mol. The number of benzene rings is 2. The SMILES string of the molecule is COc1ccc(-n2nc(S(C)(=O)=O)c3c2C(=O)N(c2ccc(C(C)(C)CNC4CCC4)cc2)CC3)cc1. The molecule has 1 aliphatic carbocycles. The van der Waals surface area contributed by atoms with Gasteiger partial charge in [0.2, 0.25) is 0 Å². The Morgan fingerprint density at radius 2 is 1.70 bits per heavy atom. The van der Waals surface area contributed by atoms with Gasteiger partial charge >= 0.3 is 0 Å². The van der Waals surface area contributed by atoms with Crippen molar-refractivity contribution in [1.82, 2.24) is 15.1 Å². The molecule has 1 saturated carbocycles. The molecule has 1 N–H and O–H groups in total. The Morgan fingerprint density at radius 1 is 1.05 bits per heavy atom. The molecule has 0 radical (unpaired) electrons. The molecule has 8 nitrogen and oxygen atoms in total. The minimum atomic E-state index is -3.61. The van der Waals surface area contributed by atoms with Crippen LogP contribution < -0.4 is 15.0 Å².